The number of halogens is 3. The lowest BCUT2D eigenvalue weighted by Gasteiger charge is -2.22. The number of nitrogens with two attached hydrogens (primary N) is 1. The van der Waals surface area contributed by atoms with Crippen molar-refractivity contribution >= 4 is 53.5 Å². The van der Waals surface area contributed by atoms with E-state index in [9.17, 15) is 0 Å². The fourth-order valence-electron chi connectivity index (χ4n) is 1.56. The summed E-state index contributed by atoms with van der Waals surface area (Å²) >= 11 is 11.6. The van der Waals surface area contributed by atoms with Crippen LogP contribution in [0.15, 0.2) is 29.4 Å². The van der Waals surface area contributed by atoms with Crippen LogP contribution in [0.1, 0.15) is 5.56 Å². The standard InChI is InChI=1S/C13H19Cl2N5.ClH/c1-19(13(16)17)18-10-11-2-4-12(5-3-11)20(8-6-14)9-7-15;/h2-5,10H,6-9H2,1H3,(H3,16,17);1H. The number of hydrogen-bond acceptors (Lipinski definition) is 3. The highest BCUT2D eigenvalue weighted by atomic mass is 35.5. The fraction of sp³-hybridized carbons (Fsp3) is 0.385. The summed E-state index contributed by atoms with van der Waals surface area (Å²) in [5.74, 6) is 1.01. The molecule has 0 aliphatic carbocycles. The third-order valence-electron chi connectivity index (χ3n) is 2.70. The van der Waals surface area contributed by atoms with Crippen molar-refractivity contribution in [1.29, 1.82) is 5.41 Å². The topological polar surface area (TPSA) is 68.7 Å². The molecule has 0 aliphatic rings. The molecule has 0 bridgehead atoms. The van der Waals surface area contributed by atoms with Gasteiger partial charge in [0, 0.05) is 37.6 Å². The summed E-state index contributed by atoms with van der Waals surface area (Å²) in [7, 11) is 1.62. The minimum absolute atomic E-state index is 0. The van der Waals surface area contributed by atoms with Crippen molar-refractivity contribution in [2.45, 2.75) is 0 Å². The molecule has 0 aliphatic heterocycles. The Hall–Kier alpha value is -1.17. The SMILES string of the molecule is CN(N=Cc1ccc(N(CCCl)CCCl)cc1)C(=N)N.Cl. The van der Waals surface area contributed by atoms with Gasteiger partial charge in [0.15, 0.2) is 0 Å². The summed E-state index contributed by atoms with van der Waals surface area (Å²) in [5, 5.41) is 12.5. The minimum Gasteiger partial charge on any atom is -0.369 e. The Bertz CT molecular complexity index is 444. The second-order valence-corrected chi connectivity index (χ2v) is 4.87. The number of guanidine groups is 1. The first-order chi connectivity index (χ1) is 9.58. The van der Waals surface area contributed by atoms with Gasteiger partial charge in [-0.25, -0.2) is 5.01 Å². The van der Waals surface area contributed by atoms with Crippen molar-refractivity contribution in [3.05, 3.63) is 29.8 Å². The molecule has 21 heavy (non-hydrogen) atoms. The minimum atomic E-state index is -0.103. The van der Waals surface area contributed by atoms with E-state index in [0.29, 0.717) is 11.8 Å². The van der Waals surface area contributed by atoms with Gasteiger partial charge in [0.1, 0.15) is 0 Å². The number of alkyl halides is 2. The Morgan fingerprint density at radius 3 is 2.19 bits per heavy atom. The maximum absolute atomic E-state index is 7.21. The van der Waals surface area contributed by atoms with E-state index in [1.54, 1.807) is 13.3 Å². The average molecular weight is 353 g/mol. The predicted octanol–water partition coefficient (Wildman–Crippen LogP) is 2.55. The van der Waals surface area contributed by atoms with Gasteiger partial charge in [-0.3, -0.25) is 5.41 Å². The number of hydrazone groups is 1. The molecular weight excluding hydrogens is 333 g/mol. The summed E-state index contributed by atoms with van der Waals surface area (Å²) in [6, 6.07) is 7.88. The van der Waals surface area contributed by atoms with Gasteiger partial charge in [0.2, 0.25) is 5.96 Å². The van der Waals surface area contributed by atoms with E-state index in [2.05, 4.69) is 10.0 Å². The molecule has 0 atom stereocenters. The van der Waals surface area contributed by atoms with Crippen LogP contribution in [0.5, 0.6) is 0 Å². The lowest BCUT2D eigenvalue weighted by atomic mass is 10.2. The van der Waals surface area contributed by atoms with Crippen molar-refractivity contribution in [3.63, 3.8) is 0 Å². The molecule has 118 valence electrons. The zero-order valence-electron chi connectivity index (χ0n) is 11.8. The van der Waals surface area contributed by atoms with Crippen LogP contribution in [0, 0.1) is 5.41 Å². The van der Waals surface area contributed by atoms with Gasteiger partial charge in [0.25, 0.3) is 0 Å². The lowest BCUT2D eigenvalue weighted by molar-refractivity contribution is 0.536. The van der Waals surface area contributed by atoms with Crippen molar-refractivity contribution < 1.29 is 0 Å². The Balaban J connectivity index is 0.00000400. The molecule has 5 nitrogen and oxygen atoms in total. The van der Waals surface area contributed by atoms with E-state index in [4.69, 9.17) is 34.3 Å². The molecule has 0 saturated carbocycles. The van der Waals surface area contributed by atoms with Crippen molar-refractivity contribution in [2.24, 2.45) is 10.8 Å². The van der Waals surface area contributed by atoms with E-state index in [1.807, 2.05) is 24.3 Å². The number of nitrogens with one attached hydrogen (secondary N) is 1. The molecule has 3 N–H and O–H groups in total. The Morgan fingerprint density at radius 1 is 1.24 bits per heavy atom. The van der Waals surface area contributed by atoms with Gasteiger partial charge in [-0.1, -0.05) is 12.1 Å². The van der Waals surface area contributed by atoms with Crippen LogP contribution in [-0.2, 0) is 0 Å². The van der Waals surface area contributed by atoms with Crippen LogP contribution in [0.2, 0.25) is 0 Å². The monoisotopic (exact) mass is 351 g/mol. The van der Waals surface area contributed by atoms with Gasteiger partial charge in [-0.15, -0.1) is 35.6 Å². The molecule has 1 aromatic carbocycles. The number of benzene rings is 1. The maximum Gasteiger partial charge on any atom is 0.208 e. The molecule has 1 rings (SSSR count). The third kappa shape index (κ3) is 6.89. The maximum atomic E-state index is 7.21. The first-order valence-electron chi connectivity index (χ1n) is 6.17. The second-order valence-electron chi connectivity index (χ2n) is 4.11. The molecular formula is C13H20Cl3N5. The van der Waals surface area contributed by atoms with Crippen LogP contribution >= 0.6 is 35.6 Å². The molecule has 0 heterocycles. The summed E-state index contributed by atoms with van der Waals surface area (Å²) in [4.78, 5) is 2.13. The van der Waals surface area contributed by atoms with Gasteiger partial charge in [-0.05, 0) is 17.7 Å². The summed E-state index contributed by atoms with van der Waals surface area (Å²) in [5.41, 5.74) is 7.30. The van der Waals surface area contributed by atoms with Gasteiger partial charge in [0.05, 0.1) is 6.21 Å². The van der Waals surface area contributed by atoms with Crippen LogP contribution in [0.25, 0.3) is 0 Å². The van der Waals surface area contributed by atoms with E-state index < -0.39 is 0 Å². The largest absolute Gasteiger partial charge is 0.369 e. The number of hydrogen-bond donors (Lipinski definition) is 2. The summed E-state index contributed by atoms with van der Waals surface area (Å²) in [6.45, 7) is 1.52. The van der Waals surface area contributed by atoms with E-state index in [0.717, 1.165) is 24.3 Å². The third-order valence-corrected chi connectivity index (χ3v) is 3.03. The Kier molecular flexibility index (Phi) is 9.95. The zero-order valence-corrected chi connectivity index (χ0v) is 14.1. The van der Waals surface area contributed by atoms with Crippen LogP contribution in [0.3, 0.4) is 0 Å². The van der Waals surface area contributed by atoms with Gasteiger partial charge in [-0.2, -0.15) is 5.10 Å². The van der Waals surface area contributed by atoms with Crippen LogP contribution in [0.4, 0.5) is 5.69 Å². The van der Waals surface area contributed by atoms with Gasteiger partial charge >= 0.3 is 0 Å². The second kappa shape index (κ2) is 10.5. The summed E-state index contributed by atoms with van der Waals surface area (Å²) < 4.78 is 0. The molecule has 0 aromatic heterocycles. The highest BCUT2D eigenvalue weighted by Crippen LogP contribution is 2.15. The Labute approximate surface area is 141 Å². The molecule has 0 unspecified atom stereocenters. The molecule has 1 aromatic rings. The first-order valence-corrected chi connectivity index (χ1v) is 7.24. The van der Waals surface area contributed by atoms with Crippen molar-refractivity contribution in [3.8, 4) is 0 Å². The number of rotatable bonds is 7. The lowest BCUT2D eigenvalue weighted by Crippen LogP contribution is -2.28. The normalized spacial score (nSPS) is 10.2. The van der Waals surface area contributed by atoms with Crippen molar-refractivity contribution in [1.82, 2.24) is 5.01 Å². The van der Waals surface area contributed by atoms with E-state index >= 15 is 0 Å². The number of anilines is 1. The molecule has 8 heteroatoms. The molecule has 0 fully saturated rings. The highest BCUT2D eigenvalue weighted by Gasteiger charge is 2.04. The van der Waals surface area contributed by atoms with E-state index in [1.165, 1.54) is 5.01 Å². The first kappa shape index (κ1) is 19.8. The molecule has 0 amide bonds. The van der Waals surface area contributed by atoms with E-state index in [-0.39, 0.29) is 18.4 Å². The fourth-order valence-corrected chi connectivity index (χ4v) is 1.97. The number of nitrogens with zero attached hydrogens (tertiary/aromatic N) is 3. The Morgan fingerprint density at radius 2 is 1.76 bits per heavy atom. The predicted molar refractivity (Wildman–Crippen MR) is 94.6 cm³/mol. The summed E-state index contributed by atoms with van der Waals surface area (Å²) in [6.07, 6.45) is 1.65. The van der Waals surface area contributed by atoms with Crippen LogP contribution < -0.4 is 10.6 Å². The molecule has 0 spiro atoms. The highest BCUT2D eigenvalue weighted by molar-refractivity contribution is 6.18. The smallest absolute Gasteiger partial charge is 0.208 e. The molecule has 0 radical (unpaired) electrons. The van der Waals surface area contributed by atoms with Crippen molar-refractivity contribution in [2.75, 3.05) is 36.8 Å². The zero-order chi connectivity index (χ0) is 15.0. The average Bonchev–Trinajstić information content (AvgIpc) is 2.45. The van der Waals surface area contributed by atoms with Crippen LogP contribution in [-0.4, -0.2) is 49.1 Å². The van der Waals surface area contributed by atoms with Gasteiger partial charge < -0.3 is 10.6 Å². The molecule has 0 saturated heterocycles. The quantitative estimate of drug-likeness (QED) is 0.343.